The van der Waals surface area contributed by atoms with E-state index in [1.165, 1.54) is 64.2 Å². The van der Waals surface area contributed by atoms with Gasteiger partial charge in [-0.05, 0) is 97.7 Å². The third-order valence-corrected chi connectivity index (χ3v) is 12.2. The quantitative estimate of drug-likeness (QED) is 0.115. The van der Waals surface area contributed by atoms with Crippen molar-refractivity contribution in [2.75, 3.05) is 66.1 Å². The molecule has 0 aliphatic heterocycles. The fourth-order valence-corrected chi connectivity index (χ4v) is 9.89. The van der Waals surface area contributed by atoms with Gasteiger partial charge < -0.3 is 28.8 Å². The van der Waals surface area contributed by atoms with Gasteiger partial charge in [-0.15, -0.1) is 0 Å². The fourth-order valence-electron chi connectivity index (χ4n) is 9.89. The van der Waals surface area contributed by atoms with Crippen LogP contribution in [0, 0.1) is 46.3 Å². The SMILES string of the molecule is CC(C)CCC[C@@H](C)[C@H]1CC[C@H]2[C@@H]3CC=C4C[C@H](OCCOCCOCCOCCOCCO)CC[C@]4(C)[C@H]3CC[C@]12C. The fraction of sp³-hybridized carbons (Fsp3) is 0.946. The molecule has 1 N–H and O–H groups in total. The lowest BCUT2D eigenvalue weighted by Gasteiger charge is -2.58. The molecule has 6 heteroatoms. The molecule has 0 aromatic heterocycles. The maximum absolute atomic E-state index is 8.66. The summed E-state index contributed by atoms with van der Waals surface area (Å²) in [5, 5.41) is 8.66. The Labute approximate surface area is 264 Å². The Kier molecular flexibility index (Phi) is 14.3. The third-order valence-electron chi connectivity index (χ3n) is 12.2. The summed E-state index contributed by atoms with van der Waals surface area (Å²) in [5.74, 6) is 5.35. The molecule has 43 heavy (non-hydrogen) atoms. The van der Waals surface area contributed by atoms with E-state index in [1.54, 1.807) is 5.57 Å². The topological polar surface area (TPSA) is 66.4 Å². The lowest BCUT2D eigenvalue weighted by molar-refractivity contribution is -0.0692. The molecule has 250 valence electrons. The van der Waals surface area contributed by atoms with E-state index in [-0.39, 0.29) is 6.61 Å². The minimum Gasteiger partial charge on any atom is -0.394 e. The van der Waals surface area contributed by atoms with Gasteiger partial charge in [0.05, 0.1) is 72.2 Å². The predicted molar refractivity (Wildman–Crippen MR) is 173 cm³/mol. The number of hydrogen-bond acceptors (Lipinski definition) is 6. The van der Waals surface area contributed by atoms with Crippen molar-refractivity contribution in [3.63, 3.8) is 0 Å². The largest absolute Gasteiger partial charge is 0.394 e. The van der Waals surface area contributed by atoms with E-state index < -0.39 is 0 Å². The summed E-state index contributed by atoms with van der Waals surface area (Å²) >= 11 is 0. The number of hydrogen-bond donors (Lipinski definition) is 1. The first-order valence-electron chi connectivity index (χ1n) is 18.0. The summed E-state index contributed by atoms with van der Waals surface area (Å²) in [5.41, 5.74) is 2.66. The summed E-state index contributed by atoms with van der Waals surface area (Å²) in [6.07, 6.45) is 18.0. The minimum absolute atomic E-state index is 0.0476. The van der Waals surface area contributed by atoms with Gasteiger partial charge in [-0.1, -0.05) is 65.5 Å². The second-order valence-corrected chi connectivity index (χ2v) is 15.2. The standard InChI is InChI=1S/C37H66O6/c1-28(2)7-6-8-29(3)33-11-12-34-32-10-9-30-27-31(13-15-36(30,4)35(32)14-16-37(33,34)5)43-26-25-42-24-23-41-22-21-40-20-19-39-18-17-38/h9,28-29,31-35,38H,6-8,10-27H2,1-5H3/t29-,31-,32+,33-,34+,35+,36+,37-/m1/s1. The molecule has 0 aromatic rings. The van der Waals surface area contributed by atoms with Crippen molar-refractivity contribution >= 4 is 0 Å². The molecule has 0 saturated heterocycles. The highest BCUT2D eigenvalue weighted by atomic mass is 16.6. The maximum Gasteiger partial charge on any atom is 0.0704 e. The van der Waals surface area contributed by atoms with Crippen molar-refractivity contribution in [2.24, 2.45) is 46.3 Å². The summed E-state index contributed by atoms with van der Waals surface area (Å²) in [7, 11) is 0. The highest BCUT2D eigenvalue weighted by molar-refractivity contribution is 5.25. The van der Waals surface area contributed by atoms with E-state index in [1.807, 2.05) is 0 Å². The highest BCUT2D eigenvalue weighted by Gasteiger charge is 2.59. The number of aliphatic hydroxyl groups is 1. The average Bonchev–Trinajstić information content (AvgIpc) is 3.34. The molecule has 4 aliphatic rings. The Balaban J connectivity index is 1.13. The van der Waals surface area contributed by atoms with E-state index in [9.17, 15) is 0 Å². The van der Waals surface area contributed by atoms with Crippen LogP contribution in [0.15, 0.2) is 11.6 Å². The van der Waals surface area contributed by atoms with Gasteiger partial charge in [-0.25, -0.2) is 0 Å². The smallest absolute Gasteiger partial charge is 0.0704 e. The highest BCUT2D eigenvalue weighted by Crippen LogP contribution is 2.67. The van der Waals surface area contributed by atoms with Gasteiger partial charge in [-0.3, -0.25) is 0 Å². The molecule has 6 nitrogen and oxygen atoms in total. The third kappa shape index (κ3) is 9.29. The Morgan fingerprint density at radius 2 is 1.42 bits per heavy atom. The first-order chi connectivity index (χ1) is 20.8. The van der Waals surface area contributed by atoms with Crippen molar-refractivity contribution in [2.45, 2.75) is 111 Å². The van der Waals surface area contributed by atoms with Crippen LogP contribution in [0.3, 0.4) is 0 Å². The van der Waals surface area contributed by atoms with Crippen LogP contribution in [0.2, 0.25) is 0 Å². The number of aliphatic hydroxyl groups excluding tert-OH is 1. The average molecular weight is 607 g/mol. The lowest BCUT2D eigenvalue weighted by atomic mass is 9.47. The van der Waals surface area contributed by atoms with E-state index in [0.717, 1.165) is 41.9 Å². The Bertz CT molecular complexity index is 830. The first-order valence-corrected chi connectivity index (χ1v) is 18.0. The molecule has 3 fully saturated rings. The Morgan fingerprint density at radius 3 is 2.07 bits per heavy atom. The van der Waals surface area contributed by atoms with Crippen LogP contribution in [-0.2, 0) is 23.7 Å². The van der Waals surface area contributed by atoms with Crippen molar-refractivity contribution < 1.29 is 28.8 Å². The van der Waals surface area contributed by atoms with Crippen LogP contribution in [0.25, 0.3) is 0 Å². The molecule has 0 unspecified atom stereocenters. The van der Waals surface area contributed by atoms with Crippen molar-refractivity contribution in [1.29, 1.82) is 0 Å². The van der Waals surface area contributed by atoms with E-state index in [0.29, 0.717) is 76.4 Å². The van der Waals surface area contributed by atoms with Crippen LogP contribution in [0.5, 0.6) is 0 Å². The molecule has 0 heterocycles. The molecule has 3 saturated carbocycles. The zero-order valence-corrected chi connectivity index (χ0v) is 28.5. The van der Waals surface area contributed by atoms with E-state index in [2.05, 4.69) is 40.7 Å². The Hall–Kier alpha value is -0.500. The monoisotopic (exact) mass is 606 g/mol. The first kappa shape index (κ1) is 35.4. The second-order valence-electron chi connectivity index (χ2n) is 15.2. The molecule has 0 bridgehead atoms. The van der Waals surface area contributed by atoms with Crippen LogP contribution < -0.4 is 0 Å². The number of rotatable bonds is 20. The normalized spacial score (nSPS) is 34.5. The second kappa shape index (κ2) is 17.4. The van der Waals surface area contributed by atoms with Gasteiger partial charge in [0, 0.05) is 0 Å². The number of allylic oxidation sites excluding steroid dienone is 1. The molecular weight excluding hydrogens is 540 g/mol. The predicted octanol–water partition coefficient (Wildman–Crippen LogP) is 7.47. The van der Waals surface area contributed by atoms with Crippen LogP contribution in [0.1, 0.15) is 105 Å². The summed E-state index contributed by atoms with van der Waals surface area (Å²) in [4.78, 5) is 0. The van der Waals surface area contributed by atoms with E-state index in [4.69, 9.17) is 28.8 Å². The number of ether oxygens (including phenoxy) is 5. The molecule has 8 atom stereocenters. The molecule has 0 aromatic carbocycles. The van der Waals surface area contributed by atoms with Gasteiger partial charge in [0.25, 0.3) is 0 Å². The van der Waals surface area contributed by atoms with Gasteiger partial charge in [-0.2, -0.15) is 0 Å². The summed E-state index contributed by atoms with van der Waals surface area (Å²) < 4.78 is 28.2. The van der Waals surface area contributed by atoms with Crippen molar-refractivity contribution in [1.82, 2.24) is 0 Å². The van der Waals surface area contributed by atoms with Crippen molar-refractivity contribution in [3.8, 4) is 0 Å². The molecule has 0 spiro atoms. The van der Waals surface area contributed by atoms with Crippen molar-refractivity contribution in [3.05, 3.63) is 11.6 Å². The summed E-state index contributed by atoms with van der Waals surface area (Å²) in [6, 6.07) is 0. The summed E-state index contributed by atoms with van der Waals surface area (Å²) in [6.45, 7) is 17.6. The molecule has 4 rings (SSSR count). The number of fused-ring (bicyclic) bond motifs is 5. The minimum atomic E-state index is 0.0476. The van der Waals surface area contributed by atoms with Crippen LogP contribution in [0.4, 0.5) is 0 Å². The van der Waals surface area contributed by atoms with Crippen LogP contribution >= 0.6 is 0 Å². The lowest BCUT2D eigenvalue weighted by Crippen LogP contribution is -2.51. The molecule has 4 aliphatic carbocycles. The van der Waals surface area contributed by atoms with Crippen LogP contribution in [-0.4, -0.2) is 77.3 Å². The van der Waals surface area contributed by atoms with Gasteiger partial charge in [0.2, 0.25) is 0 Å². The van der Waals surface area contributed by atoms with Gasteiger partial charge >= 0.3 is 0 Å². The molecule has 0 amide bonds. The maximum atomic E-state index is 8.66. The van der Waals surface area contributed by atoms with Gasteiger partial charge in [0.1, 0.15) is 0 Å². The molecular formula is C37H66O6. The van der Waals surface area contributed by atoms with E-state index >= 15 is 0 Å². The zero-order valence-electron chi connectivity index (χ0n) is 28.5. The van der Waals surface area contributed by atoms with Gasteiger partial charge in [0.15, 0.2) is 0 Å². The Morgan fingerprint density at radius 1 is 0.767 bits per heavy atom. The molecule has 0 radical (unpaired) electrons. The zero-order chi connectivity index (χ0) is 30.7.